The van der Waals surface area contributed by atoms with Crippen molar-refractivity contribution in [1.82, 2.24) is 16.0 Å². The second kappa shape index (κ2) is 16.4. The number of fused-ring (bicyclic) bond motifs is 3. The molecule has 0 spiro atoms. The van der Waals surface area contributed by atoms with Crippen LogP contribution in [0.2, 0.25) is 0 Å². The number of rotatable bonds is 8. The molecule has 11 rings (SSSR count). The van der Waals surface area contributed by atoms with Crippen LogP contribution in [0.1, 0.15) is 64.2 Å². The molecular formula is C56H44N6. The normalized spacial score (nSPS) is 19.7. The van der Waals surface area contributed by atoms with Crippen molar-refractivity contribution < 1.29 is 0 Å². The molecular weight excluding hydrogens is 757 g/mol. The number of hydrogen-bond acceptors (Lipinski definition) is 6. The fourth-order valence-corrected chi connectivity index (χ4v) is 9.11. The Labute approximate surface area is 361 Å². The van der Waals surface area contributed by atoms with Gasteiger partial charge >= 0.3 is 0 Å². The van der Waals surface area contributed by atoms with Crippen LogP contribution >= 0.6 is 0 Å². The minimum Gasteiger partial charge on any atom is -0.350 e. The molecule has 3 N–H and O–H groups in total. The fourth-order valence-electron chi connectivity index (χ4n) is 9.11. The molecule has 8 aromatic rings. The van der Waals surface area contributed by atoms with Crippen LogP contribution in [0.15, 0.2) is 233 Å². The standard InChI is InChI=1S/C56H44N6/c1-5-17-39(18-6-1)51-57-52(40-19-7-2-8-20-40)60-55(59-51)43-33-29-37(30-34-43)49-47-27-15-13-25-45(47)46-26-14-16-28-48(46)50(49)38-31-35-44(36-32-38)56-61-53(41-21-9-3-10-22-41)58-54(62-56)42-23-11-4-12-24-42/h1-31,33-36,38,51,53,55,59H,32H2,(H,57,60)(H,58,61,62). The second-order valence-electron chi connectivity index (χ2n) is 16.0. The molecule has 298 valence electrons. The Kier molecular flexibility index (Phi) is 9.88. The zero-order valence-corrected chi connectivity index (χ0v) is 34.1. The predicted molar refractivity (Wildman–Crippen MR) is 255 cm³/mol. The van der Waals surface area contributed by atoms with Crippen LogP contribution in [0.3, 0.4) is 0 Å². The lowest BCUT2D eigenvalue weighted by Gasteiger charge is -2.32. The summed E-state index contributed by atoms with van der Waals surface area (Å²) in [5.74, 6) is 2.57. The summed E-state index contributed by atoms with van der Waals surface area (Å²) in [7, 11) is 0. The molecule has 6 nitrogen and oxygen atoms in total. The van der Waals surface area contributed by atoms with E-state index < -0.39 is 0 Å². The summed E-state index contributed by atoms with van der Waals surface area (Å²) in [5, 5.41) is 16.1. The zero-order chi connectivity index (χ0) is 41.2. The van der Waals surface area contributed by atoms with Gasteiger partial charge in [-0.2, -0.15) is 0 Å². The highest BCUT2D eigenvalue weighted by Gasteiger charge is 2.28. The predicted octanol–water partition coefficient (Wildman–Crippen LogP) is 12.1. The summed E-state index contributed by atoms with van der Waals surface area (Å²) in [6.07, 6.45) is 7.16. The molecule has 6 heteroatoms. The maximum Gasteiger partial charge on any atom is 0.159 e. The van der Waals surface area contributed by atoms with E-state index in [4.69, 9.17) is 15.0 Å². The van der Waals surface area contributed by atoms with E-state index in [1.54, 1.807) is 0 Å². The van der Waals surface area contributed by atoms with Gasteiger partial charge in [0.05, 0.1) is 0 Å². The fraction of sp³-hybridized carbons (Fsp3) is 0.0893. The van der Waals surface area contributed by atoms with Crippen molar-refractivity contribution >= 4 is 39.1 Å². The topological polar surface area (TPSA) is 73.2 Å². The minimum atomic E-state index is -0.245. The van der Waals surface area contributed by atoms with Crippen molar-refractivity contribution in [2.45, 2.75) is 30.8 Å². The first kappa shape index (κ1) is 37.3. The van der Waals surface area contributed by atoms with Gasteiger partial charge in [0.15, 0.2) is 5.84 Å². The molecule has 0 amide bonds. The van der Waals surface area contributed by atoms with Gasteiger partial charge in [-0.15, -0.1) is 0 Å². The van der Waals surface area contributed by atoms with E-state index >= 15 is 0 Å². The second-order valence-corrected chi connectivity index (χ2v) is 16.0. The van der Waals surface area contributed by atoms with Crippen molar-refractivity contribution in [2.75, 3.05) is 0 Å². The van der Waals surface area contributed by atoms with Crippen LogP contribution in [0.4, 0.5) is 0 Å². The van der Waals surface area contributed by atoms with Gasteiger partial charge in [0, 0.05) is 22.6 Å². The Hall–Kier alpha value is -7.67. The molecule has 1 aliphatic carbocycles. The Balaban J connectivity index is 0.966. The lowest BCUT2D eigenvalue weighted by atomic mass is 9.79. The molecule has 0 aromatic heterocycles. The number of aliphatic imine (C=N–C) groups is 3. The van der Waals surface area contributed by atoms with Crippen molar-refractivity contribution in [2.24, 2.45) is 15.0 Å². The quantitative estimate of drug-likeness (QED) is 0.134. The first-order valence-corrected chi connectivity index (χ1v) is 21.4. The van der Waals surface area contributed by atoms with E-state index in [0.717, 1.165) is 57.3 Å². The van der Waals surface area contributed by atoms with Gasteiger partial charge in [-0.05, 0) is 61.3 Å². The maximum absolute atomic E-state index is 5.18. The Morgan fingerprint density at radius 3 is 1.61 bits per heavy atom. The number of allylic oxidation sites excluding steroid dienone is 2. The van der Waals surface area contributed by atoms with Crippen LogP contribution in [-0.4, -0.2) is 17.5 Å². The third kappa shape index (κ3) is 7.21. The van der Waals surface area contributed by atoms with Gasteiger partial charge in [0.2, 0.25) is 0 Å². The Morgan fingerprint density at radius 2 is 0.984 bits per heavy atom. The third-order valence-corrected chi connectivity index (χ3v) is 12.2. The van der Waals surface area contributed by atoms with Crippen LogP contribution < -0.4 is 16.0 Å². The molecule has 4 atom stereocenters. The largest absolute Gasteiger partial charge is 0.350 e. The summed E-state index contributed by atoms with van der Waals surface area (Å²) in [6.45, 7) is 0. The Bertz CT molecular complexity index is 3060. The monoisotopic (exact) mass is 800 g/mol. The molecule has 2 heterocycles. The molecule has 3 aliphatic rings. The van der Waals surface area contributed by atoms with E-state index in [1.807, 2.05) is 36.4 Å². The van der Waals surface area contributed by atoms with E-state index in [1.165, 1.54) is 38.2 Å². The number of hydrogen-bond donors (Lipinski definition) is 3. The average Bonchev–Trinajstić information content (AvgIpc) is 3.37. The third-order valence-electron chi connectivity index (χ3n) is 12.2. The zero-order valence-electron chi connectivity index (χ0n) is 34.1. The molecule has 0 saturated carbocycles. The van der Waals surface area contributed by atoms with Crippen molar-refractivity contribution in [3.05, 3.63) is 251 Å². The first-order chi connectivity index (χ1) is 30.7. The van der Waals surface area contributed by atoms with Crippen molar-refractivity contribution in [3.8, 4) is 11.1 Å². The van der Waals surface area contributed by atoms with Gasteiger partial charge in [-0.3, -0.25) is 5.32 Å². The van der Waals surface area contributed by atoms with Gasteiger partial charge in [-0.1, -0.05) is 212 Å². The lowest BCUT2D eigenvalue weighted by molar-refractivity contribution is 0.409. The van der Waals surface area contributed by atoms with Gasteiger partial charge in [-0.25, -0.2) is 15.0 Å². The average molecular weight is 801 g/mol. The van der Waals surface area contributed by atoms with E-state index in [-0.39, 0.29) is 24.4 Å². The maximum atomic E-state index is 5.18. The highest BCUT2D eigenvalue weighted by molar-refractivity contribution is 6.17. The molecule has 0 bridgehead atoms. The summed E-state index contributed by atoms with van der Waals surface area (Å²) >= 11 is 0. The highest BCUT2D eigenvalue weighted by Crippen LogP contribution is 2.45. The SMILES string of the molecule is C1=CC(c2c(-c3ccc(C4NC(c5ccccc5)=NC(c5ccccc5)N4)cc3)c3ccccc3c3ccccc23)CC=C1C1=NC(c2ccccc2)NC(c2ccccc2)=N1. The molecule has 4 unspecified atom stereocenters. The Morgan fingerprint density at radius 1 is 0.435 bits per heavy atom. The summed E-state index contributed by atoms with van der Waals surface area (Å²) in [4.78, 5) is 15.4. The number of nitrogens with zero attached hydrogens (tertiary/aromatic N) is 3. The number of nitrogens with one attached hydrogen (secondary N) is 3. The smallest absolute Gasteiger partial charge is 0.159 e. The van der Waals surface area contributed by atoms with E-state index in [0.29, 0.717) is 0 Å². The van der Waals surface area contributed by atoms with Gasteiger partial charge in [0.1, 0.15) is 30.2 Å². The van der Waals surface area contributed by atoms with E-state index in [9.17, 15) is 0 Å². The number of benzene rings is 8. The lowest BCUT2D eigenvalue weighted by Crippen LogP contribution is -2.44. The first-order valence-electron chi connectivity index (χ1n) is 21.4. The van der Waals surface area contributed by atoms with Crippen LogP contribution in [-0.2, 0) is 0 Å². The summed E-state index contributed by atoms with van der Waals surface area (Å²) < 4.78 is 0. The molecule has 8 aromatic carbocycles. The molecule has 2 aliphatic heterocycles. The van der Waals surface area contributed by atoms with E-state index in [2.05, 4.69) is 192 Å². The van der Waals surface area contributed by atoms with Crippen LogP contribution in [0, 0.1) is 0 Å². The van der Waals surface area contributed by atoms with Crippen LogP contribution in [0.25, 0.3) is 32.7 Å². The van der Waals surface area contributed by atoms with Crippen molar-refractivity contribution in [1.29, 1.82) is 0 Å². The molecule has 62 heavy (non-hydrogen) atoms. The van der Waals surface area contributed by atoms with Crippen LogP contribution in [0.5, 0.6) is 0 Å². The van der Waals surface area contributed by atoms with Crippen molar-refractivity contribution in [3.63, 3.8) is 0 Å². The number of amidine groups is 3. The van der Waals surface area contributed by atoms with Gasteiger partial charge < -0.3 is 10.6 Å². The highest BCUT2D eigenvalue weighted by atomic mass is 15.3. The summed E-state index contributed by atoms with van der Waals surface area (Å²) in [6, 6.07) is 68.4. The molecule has 0 fully saturated rings. The molecule has 0 radical (unpaired) electrons. The molecule has 0 saturated heterocycles. The minimum absolute atomic E-state index is 0.130. The summed E-state index contributed by atoms with van der Waals surface area (Å²) in [5.41, 5.74) is 10.3. The van der Waals surface area contributed by atoms with Gasteiger partial charge in [0.25, 0.3) is 0 Å².